The third-order valence-corrected chi connectivity index (χ3v) is 1.36. The molecule has 0 saturated carbocycles. The second-order valence-electron chi connectivity index (χ2n) is 2.45. The molecule has 0 rings (SSSR count). The van der Waals surface area contributed by atoms with Crippen LogP contribution in [-0.2, 0) is 9.53 Å². The van der Waals surface area contributed by atoms with Crippen molar-refractivity contribution in [1.29, 1.82) is 0 Å². The fraction of sp³-hybridized carbons (Fsp3) is 0.444. The second kappa shape index (κ2) is 7.21. The van der Waals surface area contributed by atoms with Gasteiger partial charge in [0.15, 0.2) is 0 Å². The molecule has 0 radical (unpaired) electrons. The Morgan fingerprint density at radius 3 is 2.85 bits per heavy atom. The number of hydrogen-bond donors (Lipinski definition) is 2. The van der Waals surface area contributed by atoms with Crippen molar-refractivity contribution >= 4 is 5.97 Å². The van der Waals surface area contributed by atoms with Gasteiger partial charge in [0.2, 0.25) is 0 Å². The lowest BCUT2D eigenvalue weighted by molar-refractivity contribution is -0.140. The van der Waals surface area contributed by atoms with Crippen molar-refractivity contribution in [2.75, 3.05) is 14.2 Å². The van der Waals surface area contributed by atoms with Crippen LogP contribution in [0.4, 0.5) is 0 Å². The summed E-state index contributed by atoms with van der Waals surface area (Å²) in [6.07, 6.45) is 6.29. The summed E-state index contributed by atoms with van der Waals surface area (Å²) in [7, 11) is 3.15. The summed E-state index contributed by atoms with van der Waals surface area (Å²) < 4.78 is 4.47. The number of nitrogens with one attached hydrogen (secondary N) is 1. The largest absolute Gasteiger partial charge is 0.469 e. The van der Waals surface area contributed by atoms with Crippen LogP contribution in [0.3, 0.4) is 0 Å². The maximum absolute atomic E-state index is 10.7. The normalized spacial score (nSPS) is 11.7. The molecule has 0 aliphatic heterocycles. The minimum Gasteiger partial charge on any atom is -0.469 e. The van der Waals surface area contributed by atoms with Crippen LogP contribution in [0.1, 0.15) is 12.8 Å². The Morgan fingerprint density at radius 1 is 1.62 bits per heavy atom. The number of carbonyl (C=O) groups excluding carboxylic acids is 1. The summed E-state index contributed by atoms with van der Waals surface area (Å²) in [6, 6.07) is 0. The first-order valence-electron chi connectivity index (χ1n) is 4.07. The maximum atomic E-state index is 10.7. The first kappa shape index (κ1) is 11.6. The highest BCUT2D eigenvalue weighted by atomic mass is 16.5. The molecule has 0 aromatic heterocycles. The van der Waals surface area contributed by atoms with Crippen LogP contribution >= 0.6 is 0 Å². The molecule has 0 atom stereocenters. The molecule has 3 N–H and O–H groups in total. The van der Waals surface area contributed by atoms with Gasteiger partial charge in [-0.3, -0.25) is 4.79 Å². The molecule has 0 aliphatic carbocycles. The molecule has 0 aromatic rings. The molecule has 0 aliphatic rings. The zero-order valence-electron chi connectivity index (χ0n) is 8.04. The fourth-order valence-electron chi connectivity index (χ4n) is 0.737. The van der Waals surface area contributed by atoms with E-state index in [-0.39, 0.29) is 5.97 Å². The topological polar surface area (TPSA) is 64.3 Å². The Hall–Kier alpha value is -1.45. The van der Waals surface area contributed by atoms with Gasteiger partial charge in [-0.1, -0.05) is 6.08 Å². The zero-order chi connectivity index (χ0) is 10.1. The van der Waals surface area contributed by atoms with Crippen molar-refractivity contribution in [1.82, 2.24) is 5.32 Å². The average Bonchev–Trinajstić information content (AvgIpc) is 2.12. The van der Waals surface area contributed by atoms with Crippen LogP contribution in [0, 0.1) is 0 Å². The van der Waals surface area contributed by atoms with Crippen LogP contribution < -0.4 is 11.1 Å². The number of allylic oxidation sites excluding steroid dienone is 2. The van der Waals surface area contributed by atoms with Crippen LogP contribution in [0.5, 0.6) is 0 Å². The number of hydrogen-bond acceptors (Lipinski definition) is 4. The van der Waals surface area contributed by atoms with Crippen molar-refractivity contribution in [2.24, 2.45) is 5.73 Å². The molecule has 0 fully saturated rings. The molecule has 4 heteroatoms. The number of rotatable bonds is 5. The minimum absolute atomic E-state index is 0.208. The molecule has 74 valence electrons. The summed E-state index contributed by atoms with van der Waals surface area (Å²) in [5.74, 6) is -0.208. The van der Waals surface area contributed by atoms with E-state index in [2.05, 4.69) is 10.1 Å². The van der Waals surface area contributed by atoms with Crippen molar-refractivity contribution in [3.63, 3.8) is 0 Å². The van der Waals surface area contributed by atoms with E-state index in [0.717, 1.165) is 0 Å². The van der Waals surface area contributed by atoms with Gasteiger partial charge in [-0.2, -0.15) is 0 Å². The van der Waals surface area contributed by atoms with Gasteiger partial charge in [0.05, 0.1) is 7.11 Å². The van der Waals surface area contributed by atoms with Gasteiger partial charge in [0, 0.05) is 25.4 Å². The number of carbonyl (C=O) groups is 1. The first-order valence-corrected chi connectivity index (χ1v) is 4.07. The van der Waals surface area contributed by atoms with Crippen LogP contribution in [-0.4, -0.2) is 20.1 Å². The van der Waals surface area contributed by atoms with E-state index in [1.165, 1.54) is 7.11 Å². The van der Waals surface area contributed by atoms with Crippen molar-refractivity contribution < 1.29 is 9.53 Å². The Labute approximate surface area is 78.4 Å². The van der Waals surface area contributed by atoms with Crippen molar-refractivity contribution in [2.45, 2.75) is 12.8 Å². The maximum Gasteiger partial charge on any atom is 0.305 e. The average molecular weight is 184 g/mol. The Kier molecular flexibility index (Phi) is 6.41. The molecule has 0 spiro atoms. The summed E-state index contributed by atoms with van der Waals surface area (Å²) in [6.45, 7) is 0. The van der Waals surface area contributed by atoms with E-state index in [0.29, 0.717) is 18.5 Å². The lowest BCUT2D eigenvalue weighted by Crippen LogP contribution is -2.02. The quantitative estimate of drug-likeness (QED) is 0.483. The van der Waals surface area contributed by atoms with Gasteiger partial charge in [-0.05, 0) is 12.5 Å². The van der Waals surface area contributed by atoms with E-state index in [1.54, 1.807) is 19.3 Å². The predicted octanol–water partition coefficient (Wildman–Crippen LogP) is 0.515. The molecule has 0 saturated heterocycles. The second-order valence-corrected chi connectivity index (χ2v) is 2.45. The highest BCUT2D eigenvalue weighted by Crippen LogP contribution is 1.95. The zero-order valence-corrected chi connectivity index (χ0v) is 8.04. The van der Waals surface area contributed by atoms with E-state index >= 15 is 0 Å². The monoisotopic (exact) mass is 184 g/mol. The smallest absolute Gasteiger partial charge is 0.305 e. The molecule has 13 heavy (non-hydrogen) atoms. The number of esters is 1. The van der Waals surface area contributed by atoms with Gasteiger partial charge in [-0.25, -0.2) is 0 Å². The standard InChI is InChI=1S/C9H16N2O2/c1-11-7-8(10)5-3-4-6-9(12)13-2/h3,5,7,11H,4,6,10H2,1-2H3/b5-3-,8-7+. The molecule has 0 bridgehead atoms. The van der Waals surface area contributed by atoms with Gasteiger partial charge in [0.1, 0.15) is 0 Å². The highest BCUT2D eigenvalue weighted by molar-refractivity contribution is 5.69. The van der Waals surface area contributed by atoms with E-state index in [1.807, 2.05) is 6.08 Å². The first-order chi connectivity index (χ1) is 6.20. The van der Waals surface area contributed by atoms with Crippen LogP contribution in [0.2, 0.25) is 0 Å². The SMILES string of the molecule is CN/C=C(N)\C=C/CCC(=O)OC. The van der Waals surface area contributed by atoms with Crippen LogP contribution in [0.15, 0.2) is 24.0 Å². The molecular weight excluding hydrogens is 168 g/mol. The molecular formula is C9H16N2O2. The Morgan fingerprint density at radius 2 is 2.31 bits per heavy atom. The summed E-state index contributed by atoms with van der Waals surface area (Å²) in [4.78, 5) is 10.7. The Bertz CT molecular complexity index is 210. The summed E-state index contributed by atoms with van der Waals surface area (Å²) in [5.41, 5.74) is 6.16. The van der Waals surface area contributed by atoms with E-state index in [4.69, 9.17) is 5.73 Å². The lowest BCUT2D eigenvalue weighted by Gasteiger charge is -1.95. The summed E-state index contributed by atoms with van der Waals surface area (Å²) >= 11 is 0. The summed E-state index contributed by atoms with van der Waals surface area (Å²) in [5, 5.41) is 2.80. The highest BCUT2D eigenvalue weighted by Gasteiger charge is 1.95. The van der Waals surface area contributed by atoms with Gasteiger partial charge >= 0.3 is 5.97 Å². The van der Waals surface area contributed by atoms with Crippen molar-refractivity contribution in [3.8, 4) is 0 Å². The third-order valence-electron chi connectivity index (χ3n) is 1.36. The number of ether oxygens (including phenoxy) is 1. The lowest BCUT2D eigenvalue weighted by atomic mass is 10.3. The number of methoxy groups -OCH3 is 1. The minimum atomic E-state index is -0.208. The predicted molar refractivity (Wildman–Crippen MR) is 51.7 cm³/mol. The van der Waals surface area contributed by atoms with Gasteiger partial charge < -0.3 is 15.8 Å². The molecule has 0 unspecified atom stereocenters. The molecule has 4 nitrogen and oxygen atoms in total. The fourth-order valence-corrected chi connectivity index (χ4v) is 0.737. The molecule has 0 amide bonds. The van der Waals surface area contributed by atoms with Crippen molar-refractivity contribution in [3.05, 3.63) is 24.0 Å². The Balaban J connectivity index is 3.63. The van der Waals surface area contributed by atoms with E-state index < -0.39 is 0 Å². The van der Waals surface area contributed by atoms with E-state index in [9.17, 15) is 4.79 Å². The molecule has 0 heterocycles. The number of nitrogens with two attached hydrogens (primary N) is 1. The third kappa shape index (κ3) is 6.93. The van der Waals surface area contributed by atoms with Gasteiger partial charge in [0.25, 0.3) is 0 Å². The van der Waals surface area contributed by atoms with Crippen LogP contribution in [0.25, 0.3) is 0 Å². The van der Waals surface area contributed by atoms with Gasteiger partial charge in [-0.15, -0.1) is 0 Å². The molecule has 0 aromatic carbocycles.